The summed E-state index contributed by atoms with van der Waals surface area (Å²) in [5.74, 6) is -0.766. The molecule has 85 heavy (non-hydrogen) atoms. The van der Waals surface area contributed by atoms with Crippen LogP contribution in [0.4, 0.5) is 0 Å². The smallest absolute Gasteiger partial charge is 0.462 e. The van der Waals surface area contributed by atoms with Crippen molar-refractivity contribution in [3.05, 3.63) is 0 Å². The highest BCUT2D eigenvalue weighted by Gasteiger charge is 2.27. The molecule has 0 heterocycles. The van der Waals surface area contributed by atoms with Crippen molar-refractivity contribution in [3.8, 4) is 0 Å². The van der Waals surface area contributed by atoms with E-state index in [0.29, 0.717) is 17.4 Å². The predicted octanol–water partition coefficient (Wildman–Crippen LogP) is 24.9. The Morgan fingerprint density at radius 1 is 0.318 bits per heavy atom. The van der Waals surface area contributed by atoms with E-state index in [0.717, 1.165) is 38.5 Å². The van der Waals surface area contributed by atoms with Crippen LogP contribution in [-0.2, 0) is 32.7 Å². The van der Waals surface area contributed by atoms with Crippen molar-refractivity contribution in [1.29, 1.82) is 0 Å². The van der Waals surface area contributed by atoms with Gasteiger partial charge in [-0.05, 0) is 12.8 Å². The first-order valence-corrected chi connectivity index (χ1v) is 39.8. The minimum absolute atomic E-state index is 0.0378. The number of rotatable bonds is 73. The van der Waals surface area contributed by atoms with Crippen LogP contribution in [0, 0.1) is 0 Å². The molecule has 0 aliphatic heterocycles. The van der Waals surface area contributed by atoms with Crippen molar-refractivity contribution >= 4 is 19.8 Å². The summed E-state index contributed by atoms with van der Waals surface area (Å²) in [4.78, 5) is 35.9. The quantitative estimate of drug-likeness (QED) is 0.0278. The van der Waals surface area contributed by atoms with E-state index in [9.17, 15) is 19.0 Å². The molecule has 0 aromatic carbocycles. The number of unbranched alkanes of at least 4 members (excludes halogenated alkanes) is 59. The van der Waals surface area contributed by atoms with Crippen LogP contribution < -0.4 is 0 Å². The molecule has 0 radical (unpaired) electrons. The fraction of sp³-hybridized carbons (Fsp3) is 0.973. The lowest BCUT2D eigenvalue weighted by atomic mass is 10.0. The number of likely N-dealkylation sites (N-methyl/N-ethyl adjacent to an activating group) is 1. The molecular weight excluding hydrogens is 1070 g/mol. The molecule has 1 N–H and O–H groups in total. The van der Waals surface area contributed by atoms with Crippen LogP contribution in [0.25, 0.3) is 0 Å². The topological polar surface area (TPSA) is 108 Å². The van der Waals surface area contributed by atoms with Crippen molar-refractivity contribution < 1.29 is 42.1 Å². The van der Waals surface area contributed by atoms with Crippen LogP contribution in [0.2, 0.25) is 0 Å². The Hall–Kier alpha value is -0.990. The summed E-state index contributed by atoms with van der Waals surface area (Å²) in [6.07, 6.45) is 82.5. The summed E-state index contributed by atoms with van der Waals surface area (Å²) < 4.78 is 34.8. The number of ether oxygens (including phenoxy) is 2. The molecule has 0 spiro atoms. The van der Waals surface area contributed by atoms with Crippen molar-refractivity contribution in [1.82, 2.24) is 0 Å². The summed E-state index contributed by atoms with van der Waals surface area (Å²) in [6.45, 7) is 4.54. The van der Waals surface area contributed by atoms with Crippen LogP contribution in [0.15, 0.2) is 0 Å². The zero-order chi connectivity index (χ0) is 61.9. The minimum Gasteiger partial charge on any atom is -0.462 e. The Morgan fingerprint density at radius 2 is 0.529 bits per heavy atom. The van der Waals surface area contributed by atoms with E-state index in [1.807, 2.05) is 21.1 Å². The molecule has 0 aliphatic rings. The standard InChI is InChI=1S/C75H150NO8P/c1-6-8-10-12-14-16-18-20-22-24-26-28-30-32-34-35-36-37-38-39-40-41-42-44-46-48-50-52-54-56-58-60-62-64-66-68-75(78)84-73(72-83-85(79,80)82-70-69-76(3,4)5)71-81-74(77)67-65-63-61-59-57-55-53-51-49-47-45-43-33-31-29-27-25-23-21-19-17-15-13-11-9-7-2/h73H,6-72H2,1-5H3/p+1. The Morgan fingerprint density at radius 3 is 0.753 bits per heavy atom. The van der Waals surface area contributed by atoms with Gasteiger partial charge in [-0.1, -0.05) is 393 Å². The van der Waals surface area contributed by atoms with Crippen molar-refractivity contribution in [3.63, 3.8) is 0 Å². The van der Waals surface area contributed by atoms with Crippen molar-refractivity contribution in [2.24, 2.45) is 0 Å². The molecule has 0 bridgehead atoms. The maximum absolute atomic E-state index is 12.9. The van der Waals surface area contributed by atoms with Gasteiger partial charge in [-0.2, -0.15) is 0 Å². The van der Waals surface area contributed by atoms with Crippen LogP contribution in [-0.4, -0.2) is 74.9 Å². The highest BCUT2D eigenvalue weighted by Crippen LogP contribution is 2.43. The summed E-state index contributed by atoms with van der Waals surface area (Å²) in [6, 6.07) is 0. The molecule has 0 saturated heterocycles. The van der Waals surface area contributed by atoms with E-state index in [1.165, 1.54) is 353 Å². The van der Waals surface area contributed by atoms with Gasteiger partial charge in [-0.3, -0.25) is 18.6 Å². The summed E-state index contributed by atoms with van der Waals surface area (Å²) in [5, 5.41) is 0. The average molecular weight is 1230 g/mol. The van der Waals surface area contributed by atoms with Gasteiger partial charge in [0, 0.05) is 12.8 Å². The Balaban J connectivity index is 3.90. The molecule has 9 nitrogen and oxygen atoms in total. The number of hydrogen-bond donors (Lipinski definition) is 1. The van der Waals surface area contributed by atoms with Gasteiger partial charge in [-0.15, -0.1) is 0 Å². The first-order chi connectivity index (χ1) is 41.5. The van der Waals surface area contributed by atoms with Crippen LogP contribution >= 0.6 is 7.82 Å². The van der Waals surface area contributed by atoms with Crippen LogP contribution in [0.3, 0.4) is 0 Å². The zero-order valence-electron chi connectivity index (χ0n) is 58.2. The van der Waals surface area contributed by atoms with E-state index in [-0.39, 0.29) is 25.6 Å². The maximum atomic E-state index is 12.9. The second kappa shape index (κ2) is 67.4. The fourth-order valence-corrected chi connectivity index (χ4v) is 12.8. The van der Waals surface area contributed by atoms with Crippen molar-refractivity contribution in [2.45, 2.75) is 424 Å². The fourth-order valence-electron chi connectivity index (χ4n) is 12.0. The zero-order valence-corrected chi connectivity index (χ0v) is 59.0. The number of nitrogens with zero attached hydrogens (tertiary/aromatic N) is 1. The molecule has 0 aromatic heterocycles. The molecule has 0 amide bonds. The number of carbonyl (C=O) groups is 2. The Kier molecular flexibility index (Phi) is 66.6. The number of quaternary nitrogens is 1. The van der Waals surface area contributed by atoms with Gasteiger partial charge >= 0.3 is 19.8 Å². The van der Waals surface area contributed by atoms with Gasteiger partial charge in [0.05, 0.1) is 27.7 Å². The van der Waals surface area contributed by atoms with E-state index >= 15 is 0 Å². The predicted molar refractivity (Wildman–Crippen MR) is 368 cm³/mol. The molecular formula is C75H151NO8P+. The first kappa shape index (κ1) is 84.0. The van der Waals surface area contributed by atoms with E-state index in [1.54, 1.807) is 0 Å². The van der Waals surface area contributed by atoms with Crippen LogP contribution in [0.5, 0.6) is 0 Å². The molecule has 508 valence electrons. The Bertz CT molecular complexity index is 1390. The lowest BCUT2D eigenvalue weighted by Crippen LogP contribution is -2.37. The monoisotopic (exact) mass is 1230 g/mol. The van der Waals surface area contributed by atoms with E-state index in [2.05, 4.69) is 13.8 Å². The average Bonchev–Trinajstić information content (AvgIpc) is 3.51. The Labute approximate surface area is 531 Å². The van der Waals surface area contributed by atoms with Gasteiger partial charge < -0.3 is 18.9 Å². The minimum atomic E-state index is -4.39. The molecule has 0 aromatic rings. The SMILES string of the molecule is CCCCCCCCCCCCCCCCCCCCCCCCCCCCCCCCCCCCCC(=O)OC(COC(=O)CCCCCCCCCCCCCCCCCCCCCCCCCCCC)COP(=O)(O)OCC[N+](C)(C)C. The van der Waals surface area contributed by atoms with Crippen molar-refractivity contribution in [2.75, 3.05) is 47.5 Å². The maximum Gasteiger partial charge on any atom is 0.472 e. The third-order valence-corrected chi connectivity index (χ3v) is 18.9. The van der Waals surface area contributed by atoms with Gasteiger partial charge in [0.15, 0.2) is 6.10 Å². The molecule has 2 unspecified atom stereocenters. The number of carbonyl (C=O) groups excluding carboxylic acids is 2. The first-order valence-electron chi connectivity index (χ1n) is 38.3. The molecule has 2 atom stereocenters. The molecule has 0 fully saturated rings. The molecule has 0 rings (SSSR count). The number of hydrogen-bond acceptors (Lipinski definition) is 7. The number of esters is 2. The highest BCUT2D eigenvalue weighted by atomic mass is 31.2. The summed E-state index contributed by atoms with van der Waals surface area (Å²) >= 11 is 0. The summed E-state index contributed by atoms with van der Waals surface area (Å²) in [5.41, 5.74) is 0. The lowest BCUT2D eigenvalue weighted by Gasteiger charge is -2.24. The van der Waals surface area contributed by atoms with Crippen LogP contribution in [0.1, 0.15) is 418 Å². The van der Waals surface area contributed by atoms with Gasteiger partial charge in [0.25, 0.3) is 0 Å². The highest BCUT2D eigenvalue weighted by molar-refractivity contribution is 7.47. The molecule has 10 heteroatoms. The lowest BCUT2D eigenvalue weighted by molar-refractivity contribution is -0.870. The number of phosphoric ester groups is 1. The van der Waals surface area contributed by atoms with E-state index in [4.69, 9.17) is 18.5 Å². The second-order valence-corrected chi connectivity index (χ2v) is 29.2. The molecule has 0 saturated carbocycles. The normalized spacial score (nSPS) is 13.0. The number of phosphoric acid groups is 1. The second-order valence-electron chi connectivity index (χ2n) is 27.8. The van der Waals surface area contributed by atoms with Gasteiger partial charge in [0.2, 0.25) is 0 Å². The largest absolute Gasteiger partial charge is 0.472 e. The van der Waals surface area contributed by atoms with Gasteiger partial charge in [-0.25, -0.2) is 4.57 Å². The third-order valence-electron chi connectivity index (χ3n) is 17.9. The van der Waals surface area contributed by atoms with Gasteiger partial charge in [0.1, 0.15) is 19.8 Å². The third kappa shape index (κ3) is 72.0. The molecule has 0 aliphatic carbocycles. The summed E-state index contributed by atoms with van der Waals surface area (Å²) in [7, 11) is 1.51. The van der Waals surface area contributed by atoms with E-state index < -0.39 is 26.5 Å².